The number of carbonyl (C=O) groups is 2. The van der Waals surface area contributed by atoms with Crippen LogP contribution in [0.4, 0.5) is 11.4 Å². The molecule has 0 radical (unpaired) electrons. The first-order valence-electron chi connectivity index (χ1n) is 9.01. The average molecular weight is 356 g/mol. The number of Topliss-reactive ketones (excluding diaryl/α,β-unsaturated/α-hetero) is 1. The summed E-state index contributed by atoms with van der Waals surface area (Å²) in [6.45, 7) is 0. The summed E-state index contributed by atoms with van der Waals surface area (Å²) in [7, 11) is 1.83. The zero-order chi connectivity index (χ0) is 18.8. The van der Waals surface area contributed by atoms with E-state index >= 15 is 0 Å². The maximum atomic E-state index is 12.6. The van der Waals surface area contributed by atoms with Crippen LogP contribution in [-0.4, -0.2) is 18.7 Å². The molecule has 0 aromatic heterocycles. The fraction of sp³-hybridized carbons (Fsp3) is 0.130. The molecule has 27 heavy (non-hydrogen) atoms. The molecule has 4 heteroatoms. The molecule has 3 aromatic rings. The highest BCUT2D eigenvalue weighted by Crippen LogP contribution is 2.37. The van der Waals surface area contributed by atoms with Crippen LogP contribution in [0.15, 0.2) is 66.7 Å². The van der Waals surface area contributed by atoms with Crippen molar-refractivity contribution in [3.8, 4) is 11.1 Å². The molecule has 1 aliphatic carbocycles. The summed E-state index contributed by atoms with van der Waals surface area (Å²) in [4.78, 5) is 25.1. The van der Waals surface area contributed by atoms with Crippen LogP contribution in [0.2, 0.25) is 0 Å². The molecule has 0 spiro atoms. The number of amides is 1. The first kappa shape index (κ1) is 17.0. The van der Waals surface area contributed by atoms with Gasteiger partial charge in [0, 0.05) is 30.3 Å². The van der Waals surface area contributed by atoms with Crippen LogP contribution in [0.5, 0.6) is 0 Å². The van der Waals surface area contributed by atoms with E-state index in [1.807, 2.05) is 61.6 Å². The summed E-state index contributed by atoms with van der Waals surface area (Å²) in [5.74, 6) is -0.129. The highest BCUT2D eigenvalue weighted by molar-refractivity contribution is 6.12. The van der Waals surface area contributed by atoms with Crippen LogP contribution in [0, 0.1) is 0 Å². The average Bonchev–Trinajstić information content (AvgIpc) is 3.11. The molecule has 0 fully saturated rings. The molecule has 1 aliphatic rings. The number of rotatable bonds is 4. The first-order chi connectivity index (χ1) is 13.2. The highest BCUT2D eigenvalue weighted by atomic mass is 16.1. The Morgan fingerprint density at radius 2 is 1.63 bits per heavy atom. The van der Waals surface area contributed by atoms with E-state index in [0.29, 0.717) is 29.7 Å². The van der Waals surface area contributed by atoms with E-state index in [2.05, 4.69) is 10.6 Å². The maximum Gasteiger partial charge on any atom is 0.255 e. The third-order valence-electron chi connectivity index (χ3n) is 4.96. The van der Waals surface area contributed by atoms with Crippen LogP contribution >= 0.6 is 0 Å². The summed E-state index contributed by atoms with van der Waals surface area (Å²) in [5, 5.41) is 5.95. The van der Waals surface area contributed by atoms with E-state index < -0.39 is 0 Å². The molecular formula is C23H20N2O2. The zero-order valence-electron chi connectivity index (χ0n) is 15.1. The second kappa shape index (κ2) is 7.08. The SMILES string of the molecule is CNc1ccc(C(=O)Nc2ccc(-c3ccccc3)c3c2C(=O)CC3)cc1. The van der Waals surface area contributed by atoms with Gasteiger partial charge >= 0.3 is 0 Å². The molecule has 0 saturated carbocycles. The van der Waals surface area contributed by atoms with E-state index in [-0.39, 0.29) is 11.7 Å². The molecule has 0 aliphatic heterocycles. The van der Waals surface area contributed by atoms with Crippen molar-refractivity contribution < 1.29 is 9.59 Å². The van der Waals surface area contributed by atoms with Crippen molar-refractivity contribution in [3.63, 3.8) is 0 Å². The van der Waals surface area contributed by atoms with Gasteiger partial charge in [0.2, 0.25) is 0 Å². The van der Waals surface area contributed by atoms with E-state index in [9.17, 15) is 9.59 Å². The second-order valence-corrected chi connectivity index (χ2v) is 6.58. The van der Waals surface area contributed by atoms with Crippen molar-refractivity contribution in [1.82, 2.24) is 0 Å². The molecule has 0 unspecified atom stereocenters. The van der Waals surface area contributed by atoms with Gasteiger partial charge in [-0.2, -0.15) is 0 Å². The molecule has 4 nitrogen and oxygen atoms in total. The number of carbonyl (C=O) groups excluding carboxylic acids is 2. The second-order valence-electron chi connectivity index (χ2n) is 6.58. The molecule has 2 N–H and O–H groups in total. The molecule has 0 bridgehead atoms. The summed E-state index contributed by atoms with van der Waals surface area (Å²) in [5.41, 5.74) is 5.91. The first-order valence-corrected chi connectivity index (χ1v) is 9.01. The normalized spacial score (nSPS) is 12.6. The minimum Gasteiger partial charge on any atom is -0.388 e. The van der Waals surface area contributed by atoms with Gasteiger partial charge in [0.25, 0.3) is 5.91 Å². The van der Waals surface area contributed by atoms with Crippen molar-refractivity contribution in [2.24, 2.45) is 0 Å². The van der Waals surface area contributed by atoms with Gasteiger partial charge in [0.15, 0.2) is 5.78 Å². The fourth-order valence-electron chi connectivity index (χ4n) is 3.56. The third kappa shape index (κ3) is 3.22. The Morgan fingerprint density at radius 3 is 2.33 bits per heavy atom. The zero-order valence-corrected chi connectivity index (χ0v) is 15.1. The lowest BCUT2D eigenvalue weighted by Crippen LogP contribution is -2.14. The number of ketones is 1. The van der Waals surface area contributed by atoms with Gasteiger partial charge < -0.3 is 10.6 Å². The number of nitrogens with one attached hydrogen (secondary N) is 2. The summed E-state index contributed by atoms with van der Waals surface area (Å²) in [6, 6.07) is 21.1. The number of anilines is 2. The maximum absolute atomic E-state index is 12.6. The molecule has 3 aromatic carbocycles. The fourth-order valence-corrected chi connectivity index (χ4v) is 3.56. The molecule has 4 rings (SSSR count). The van der Waals surface area contributed by atoms with E-state index in [1.165, 1.54) is 0 Å². The number of hydrogen-bond acceptors (Lipinski definition) is 3. The predicted octanol–water partition coefficient (Wildman–Crippen LogP) is 4.78. The standard InChI is InChI=1S/C23H20N2O2/c1-24-17-9-7-16(8-10-17)23(27)25-20-13-11-18(15-5-3-2-4-6-15)19-12-14-21(26)22(19)20/h2-11,13,24H,12,14H2,1H3,(H,25,27). The van der Waals surface area contributed by atoms with Crippen molar-refractivity contribution in [2.45, 2.75) is 12.8 Å². The molecule has 0 atom stereocenters. The molecule has 0 saturated heterocycles. The smallest absolute Gasteiger partial charge is 0.255 e. The summed E-state index contributed by atoms with van der Waals surface area (Å²) in [6.07, 6.45) is 1.19. The Kier molecular flexibility index (Phi) is 4.47. The third-order valence-corrected chi connectivity index (χ3v) is 4.96. The van der Waals surface area contributed by atoms with Crippen molar-refractivity contribution in [2.75, 3.05) is 17.7 Å². The minimum atomic E-state index is -0.216. The lowest BCUT2D eigenvalue weighted by atomic mass is 9.95. The van der Waals surface area contributed by atoms with Gasteiger partial charge in [-0.3, -0.25) is 9.59 Å². The number of benzene rings is 3. The Hall–Kier alpha value is -3.40. The van der Waals surface area contributed by atoms with Crippen molar-refractivity contribution in [1.29, 1.82) is 0 Å². The van der Waals surface area contributed by atoms with Crippen LogP contribution < -0.4 is 10.6 Å². The molecule has 1 amide bonds. The number of hydrogen-bond donors (Lipinski definition) is 2. The molecule has 134 valence electrons. The van der Waals surface area contributed by atoms with Crippen molar-refractivity contribution >= 4 is 23.1 Å². The van der Waals surface area contributed by atoms with Crippen LogP contribution in [0.3, 0.4) is 0 Å². The van der Waals surface area contributed by atoms with Gasteiger partial charge in [-0.05, 0) is 53.4 Å². The lowest BCUT2D eigenvalue weighted by molar-refractivity contribution is 0.0995. The van der Waals surface area contributed by atoms with Gasteiger partial charge in [-0.1, -0.05) is 36.4 Å². The largest absolute Gasteiger partial charge is 0.388 e. The topological polar surface area (TPSA) is 58.2 Å². The van der Waals surface area contributed by atoms with Gasteiger partial charge in [0.1, 0.15) is 0 Å². The Balaban J connectivity index is 1.68. The minimum absolute atomic E-state index is 0.0867. The molecule has 0 heterocycles. The van der Waals surface area contributed by atoms with Gasteiger partial charge in [-0.25, -0.2) is 0 Å². The van der Waals surface area contributed by atoms with E-state index in [0.717, 1.165) is 22.4 Å². The Bertz CT molecular complexity index is 1010. The summed E-state index contributed by atoms with van der Waals surface area (Å²) < 4.78 is 0. The molecular weight excluding hydrogens is 336 g/mol. The number of fused-ring (bicyclic) bond motifs is 1. The van der Waals surface area contributed by atoms with Crippen LogP contribution in [0.25, 0.3) is 11.1 Å². The van der Waals surface area contributed by atoms with Crippen LogP contribution in [-0.2, 0) is 6.42 Å². The monoisotopic (exact) mass is 356 g/mol. The lowest BCUT2D eigenvalue weighted by Gasteiger charge is -2.14. The Morgan fingerprint density at radius 1 is 0.889 bits per heavy atom. The van der Waals surface area contributed by atoms with Gasteiger partial charge in [-0.15, -0.1) is 0 Å². The van der Waals surface area contributed by atoms with Crippen LogP contribution in [0.1, 0.15) is 32.7 Å². The highest BCUT2D eigenvalue weighted by Gasteiger charge is 2.27. The summed E-state index contributed by atoms with van der Waals surface area (Å²) >= 11 is 0. The van der Waals surface area contributed by atoms with Crippen molar-refractivity contribution in [3.05, 3.63) is 83.4 Å². The quantitative estimate of drug-likeness (QED) is 0.707. The van der Waals surface area contributed by atoms with Gasteiger partial charge in [0.05, 0.1) is 5.69 Å². The predicted molar refractivity (Wildman–Crippen MR) is 108 cm³/mol. The van der Waals surface area contributed by atoms with E-state index in [4.69, 9.17) is 0 Å². The van der Waals surface area contributed by atoms with E-state index in [1.54, 1.807) is 12.1 Å². The Labute approximate surface area is 158 Å².